The number of amides is 2. The lowest BCUT2D eigenvalue weighted by molar-refractivity contribution is 0.186. The first-order chi connectivity index (χ1) is 23.0. The van der Waals surface area contributed by atoms with Crippen LogP contribution < -0.4 is 15.4 Å². The Morgan fingerprint density at radius 3 is 2.56 bits per heavy atom. The SMILES string of the molecule is C=C1/C=C\C=C/C[C@H](Oc2cc(C)c3nnc([C@@H]4CCCN4C)n3c2)CC[C@@H]1NC(=O)Nc1cc(C(C)(C)C)nn1-c1ccc(C)cc1. The molecular formula is C38H48N8O2. The van der Waals surface area contributed by atoms with E-state index in [2.05, 4.69) is 84.5 Å². The number of ether oxygens (including phenoxy) is 1. The van der Waals surface area contributed by atoms with Crippen LogP contribution in [-0.2, 0) is 5.41 Å². The molecule has 0 spiro atoms. The predicted octanol–water partition coefficient (Wildman–Crippen LogP) is 7.39. The summed E-state index contributed by atoms with van der Waals surface area (Å²) in [5.74, 6) is 2.35. The molecule has 1 aliphatic heterocycles. The number of aryl methyl sites for hydroxylation is 2. The van der Waals surface area contributed by atoms with Gasteiger partial charge >= 0.3 is 6.03 Å². The molecule has 1 aromatic carbocycles. The van der Waals surface area contributed by atoms with Crippen LogP contribution in [0.2, 0.25) is 0 Å². The normalized spacial score (nSPS) is 22.0. The van der Waals surface area contributed by atoms with Crippen molar-refractivity contribution < 1.29 is 9.53 Å². The lowest BCUT2D eigenvalue weighted by Gasteiger charge is -2.24. The smallest absolute Gasteiger partial charge is 0.320 e. The molecule has 2 N–H and O–H groups in total. The van der Waals surface area contributed by atoms with Crippen molar-refractivity contribution in [3.8, 4) is 11.4 Å². The molecule has 6 rings (SSSR count). The van der Waals surface area contributed by atoms with Gasteiger partial charge in [0, 0.05) is 17.9 Å². The molecule has 48 heavy (non-hydrogen) atoms. The van der Waals surface area contributed by atoms with Gasteiger partial charge in [-0.25, -0.2) is 9.48 Å². The van der Waals surface area contributed by atoms with E-state index < -0.39 is 0 Å². The third kappa shape index (κ3) is 7.39. The largest absolute Gasteiger partial charge is 0.489 e. The number of likely N-dealkylation sites (tertiary alicyclic amines) is 1. The first-order valence-corrected chi connectivity index (χ1v) is 17.0. The van der Waals surface area contributed by atoms with Crippen LogP contribution in [0, 0.1) is 13.8 Å². The van der Waals surface area contributed by atoms with Crippen LogP contribution in [-0.4, -0.2) is 61.0 Å². The van der Waals surface area contributed by atoms with E-state index in [1.807, 2.05) is 60.8 Å². The van der Waals surface area contributed by atoms with Gasteiger partial charge < -0.3 is 10.1 Å². The summed E-state index contributed by atoms with van der Waals surface area (Å²) in [7, 11) is 2.15. The summed E-state index contributed by atoms with van der Waals surface area (Å²) >= 11 is 0. The molecule has 2 aliphatic rings. The fourth-order valence-corrected chi connectivity index (χ4v) is 6.42. The number of nitrogens with zero attached hydrogens (tertiary/aromatic N) is 6. The molecule has 10 nitrogen and oxygen atoms in total. The topological polar surface area (TPSA) is 102 Å². The molecule has 4 aromatic rings. The number of hydrogen-bond acceptors (Lipinski definition) is 6. The highest BCUT2D eigenvalue weighted by Crippen LogP contribution is 2.32. The van der Waals surface area contributed by atoms with Crippen LogP contribution in [0.3, 0.4) is 0 Å². The van der Waals surface area contributed by atoms with Crippen molar-refractivity contribution in [3.63, 3.8) is 0 Å². The first-order valence-electron chi connectivity index (χ1n) is 17.0. The monoisotopic (exact) mass is 648 g/mol. The maximum Gasteiger partial charge on any atom is 0.320 e. The average molecular weight is 649 g/mol. The minimum absolute atomic E-state index is 0.101. The van der Waals surface area contributed by atoms with Crippen LogP contribution in [0.5, 0.6) is 5.75 Å². The molecule has 4 heterocycles. The van der Waals surface area contributed by atoms with Gasteiger partial charge in [-0.15, -0.1) is 10.2 Å². The Balaban J connectivity index is 1.18. The second-order valence-corrected chi connectivity index (χ2v) is 14.2. The second kappa shape index (κ2) is 13.8. The van der Waals surface area contributed by atoms with Gasteiger partial charge in [0.25, 0.3) is 0 Å². The van der Waals surface area contributed by atoms with Gasteiger partial charge in [-0.1, -0.05) is 69.4 Å². The van der Waals surface area contributed by atoms with E-state index in [1.54, 1.807) is 4.68 Å². The number of pyridine rings is 1. The number of hydrogen-bond donors (Lipinski definition) is 2. The first kappa shape index (κ1) is 33.2. The molecular weight excluding hydrogens is 600 g/mol. The highest BCUT2D eigenvalue weighted by molar-refractivity contribution is 5.89. The van der Waals surface area contributed by atoms with Crippen LogP contribution >= 0.6 is 0 Å². The lowest BCUT2D eigenvalue weighted by atomic mass is 9.92. The maximum atomic E-state index is 13.6. The van der Waals surface area contributed by atoms with Gasteiger partial charge in [-0.05, 0) is 82.5 Å². The van der Waals surface area contributed by atoms with Gasteiger partial charge in [0.2, 0.25) is 0 Å². The highest BCUT2D eigenvalue weighted by Gasteiger charge is 2.28. The van der Waals surface area contributed by atoms with Crippen molar-refractivity contribution in [1.82, 2.24) is 34.6 Å². The van der Waals surface area contributed by atoms with Gasteiger partial charge in [0.15, 0.2) is 11.5 Å². The van der Waals surface area contributed by atoms with Crippen LogP contribution in [0.15, 0.2) is 79.1 Å². The molecule has 252 valence electrons. The van der Waals surface area contributed by atoms with E-state index in [4.69, 9.17) is 9.84 Å². The zero-order valence-electron chi connectivity index (χ0n) is 29.0. The Bertz CT molecular complexity index is 1840. The average Bonchev–Trinajstić information content (AvgIpc) is 3.77. The van der Waals surface area contributed by atoms with Crippen LogP contribution in [0.4, 0.5) is 10.6 Å². The Morgan fingerprint density at radius 1 is 1.04 bits per heavy atom. The fraction of sp³-hybridized carbons (Fsp3) is 0.421. The minimum atomic E-state index is -0.313. The van der Waals surface area contributed by atoms with Gasteiger partial charge in [-0.3, -0.25) is 14.6 Å². The second-order valence-electron chi connectivity index (χ2n) is 14.2. The minimum Gasteiger partial charge on any atom is -0.489 e. The molecule has 0 bridgehead atoms. The molecule has 1 saturated heterocycles. The fourth-order valence-electron chi connectivity index (χ4n) is 6.42. The number of allylic oxidation sites excluding steroid dienone is 2. The van der Waals surface area contributed by atoms with Crippen molar-refractivity contribution in [1.29, 1.82) is 0 Å². The van der Waals surface area contributed by atoms with E-state index in [1.165, 1.54) is 0 Å². The van der Waals surface area contributed by atoms with E-state index in [-0.39, 0.29) is 29.6 Å². The Hall–Kier alpha value is -4.70. The maximum absolute atomic E-state index is 13.6. The number of fused-ring (bicyclic) bond motifs is 1. The summed E-state index contributed by atoms with van der Waals surface area (Å²) in [4.78, 5) is 15.9. The Labute approximate surface area is 283 Å². The van der Waals surface area contributed by atoms with E-state index >= 15 is 0 Å². The Morgan fingerprint density at radius 2 is 1.83 bits per heavy atom. The van der Waals surface area contributed by atoms with Crippen molar-refractivity contribution >= 4 is 17.5 Å². The van der Waals surface area contributed by atoms with Crippen LogP contribution in [0.1, 0.15) is 81.6 Å². The number of rotatable bonds is 6. The molecule has 1 aliphatic carbocycles. The summed E-state index contributed by atoms with van der Waals surface area (Å²) in [6.07, 6.45) is 14.3. The molecule has 0 radical (unpaired) electrons. The number of carbonyl (C=O) groups excluding carboxylic acids is 1. The zero-order chi connectivity index (χ0) is 34.0. The van der Waals surface area contributed by atoms with Gasteiger partial charge in [0.05, 0.1) is 29.7 Å². The standard InChI is InChI=1S/C38H48N8O2/c1-25-15-17-28(18-16-25)46-34(23-33(43-46)38(4,5)6)40-37(47)39-31-20-19-29(13-10-8-9-12-26(31)2)48-30-22-27(3)35-41-42-36(45(35)24-30)32-14-11-21-44(32)7/h8-10,12,15-18,22-24,29,31-32H,2,11,13-14,19-21H2,1,3-7H3,(H2,39,40,47)/b10-8-,12-9-/t29-,31-,32-/m0/s1. The predicted molar refractivity (Wildman–Crippen MR) is 191 cm³/mol. The van der Waals surface area contributed by atoms with Crippen molar-refractivity contribution in [2.45, 2.75) is 90.3 Å². The molecule has 0 unspecified atom stereocenters. The molecule has 3 aromatic heterocycles. The van der Waals surface area contributed by atoms with Gasteiger partial charge in [0.1, 0.15) is 17.7 Å². The van der Waals surface area contributed by atoms with Crippen LogP contribution in [0.25, 0.3) is 11.3 Å². The number of nitrogens with one attached hydrogen (secondary N) is 2. The number of carbonyl (C=O) groups is 1. The molecule has 0 saturated carbocycles. The summed E-state index contributed by atoms with van der Waals surface area (Å²) in [6, 6.07) is 11.7. The summed E-state index contributed by atoms with van der Waals surface area (Å²) in [5, 5.41) is 20.2. The summed E-state index contributed by atoms with van der Waals surface area (Å²) in [5.41, 5.74) is 5.44. The summed E-state index contributed by atoms with van der Waals surface area (Å²) < 4.78 is 10.5. The van der Waals surface area contributed by atoms with Crippen molar-refractivity contribution in [2.24, 2.45) is 0 Å². The van der Waals surface area contributed by atoms with Gasteiger partial charge in [-0.2, -0.15) is 5.10 Å². The number of aromatic nitrogens is 5. The Kier molecular flexibility index (Phi) is 9.55. The van der Waals surface area contributed by atoms with E-state index in [0.717, 1.165) is 77.5 Å². The number of urea groups is 1. The molecule has 2 amide bonds. The third-order valence-corrected chi connectivity index (χ3v) is 9.30. The molecule has 1 fully saturated rings. The van der Waals surface area contributed by atoms with E-state index in [9.17, 15) is 4.79 Å². The number of anilines is 1. The quantitative estimate of drug-likeness (QED) is 0.226. The molecule has 10 heteroatoms. The number of benzene rings is 1. The summed E-state index contributed by atoms with van der Waals surface area (Å²) in [6.45, 7) is 15.8. The highest BCUT2D eigenvalue weighted by atomic mass is 16.5. The molecule has 3 atom stereocenters. The zero-order valence-corrected chi connectivity index (χ0v) is 29.0. The third-order valence-electron chi connectivity index (χ3n) is 9.30. The van der Waals surface area contributed by atoms with Crippen molar-refractivity contribution in [2.75, 3.05) is 18.9 Å². The van der Waals surface area contributed by atoms with E-state index in [0.29, 0.717) is 12.2 Å². The van der Waals surface area contributed by atoms with Crippen molar-refractivity contribution in [3.05, 3.63) is 102 Å². The lowest BCUT2D eigenvalue weighted by Crippen LogP contribution is -2.40.